The topological polar surface area (TPSA) is 57.0 Å². The second-order valence-electron chi connectivity index (χ2n) is 3.96. The van der Waals surface area contributed by atoms with E-state index >= 15 is 0 Å². The van der Waals surface area contributed by atoms with Crippen molar-refractivity contribution in [2.24, 2.45) is 7.05 Å². The third-order valence-electron chi connectivity index (χ3n) is 1.39. The van der Waals surface area contributed by atoms with Gasteiger partial charge in [-0.3, -0.25) is 0 Å². The lowest BCUT2D eigenvalue weighted by atomic mass is 10.2. The Hall–Kier alpha value is -1.83. The first-order valence-electron chi connectivity index (χ1n) is 4.47. The smallest absolute Gasteiger partial charge is 0.385 e. The molecule has 0 N–H and O–H groups in total. The van der Waals surface area contributed by atoms with E-state index in [0.717, 1.165) is 0 Å². The monoisotopic (exact) mass is 207 g/mol. The summed E-state index contributed by atoms with van der Waals surface area (Å²) < 4.78 is 6.49. The fourth-order valence-corrected chi connectivity index (χ4v) is 0.820. The first-order valence-corrected chi connectivity index (χ1v) is 4.47. The molecule has 0 unspecified atom stereocenters. The molecule has 0 saturated heterocycles. The van der Waals surface area contributed by atoms with Crippen LogP contribution in [0.2, 0.25) is 0 Å². The number of ether oxygens (including phenoxy) is 1. The van der Waals surface area contributed by atoms with Crippen LogP contribution in [0, 0.1) is 11.8 Å². The van der Waals surface area contributed by atoms with E-state index in [0.29, 0.717) is 5.82 Å². The molecule has 1 rings (SSSR count). The van der Waals surface area contributed by atoms with Gasteiger partial charge in [0.25, 0.3) is 0 Å². The fourth-order valence-electron chi connectivity index (χ4n) is 0.820. The van der Waals surface area contributed by atoms with Gasteiger partial charge < -0.3 is 4.74 Å². The largest absolute Gasteiger partial charge is 0.450 e. The number of nitrogens with zero attached hydrogens (tertiary/aromatic N) is 3. The van der Waals surface area contributed by atoms with Crippen LogP contribution < -0.4 is 0 Å². The number of rotatable bonds is 0. The van der Waals surface area contributed by atoms with Crippen LogP contribution >= 0.6 is 0 Å². The Morgan fingerprint density at radius 3 is 2.67 bits per heavy atom. The molecule has 0 aromatic carbocycles. The number of aromatic nitrogens is 3. The minimum absolute atomic E-state index is 0.431. The molecule has 1 aromatic heterocycles. The van der Waals surface area contributed by atoms with Crippen LogP contribution in [0.5, 0.6) is 0 Å². The molecule has 0 saturated carbocycles. The Balaban J connectivity index is 2.67. The van der Waals surface area contributed by atoms with Crippen molar-refractivity contribution in [1.29, 1.82) is 0 Å². The summed E-state index contributed by atoms with van der Waals surface area (Å²) in [5, 5.41) is 3.82. The van der Waals surface area contributed by atoms with E-state index < -0.39 is 11.6 Å². The van der Waals surface area contributed by atoms with Crippen molar-refractivity contribution < 1.29 is 9.53 Å². The normalized spacial score (nSPS) is 10.4. The molecule has 0 aliphatic carbocycles. The van der Waals surface area contributed by atoms with Crippen LogP contribution in [0.4, 0.5) is 0 Å². The first kappa shape index (κ1) is 11.2. The summed E-state index contributed by atoms with van der Waals surface area (Å²) >= 11 is 0. The summed E-state index contributed by atoms with van der Waals surface area (Å²) in [4.78, 5) is 15.1. The maximum Gasteiger partial charge on any atom is 0.385 e. The van der Waals surface area contributed by atoms with Gasteiger partial charge in [-0.05, 0) is 26.7 Å². The Kier molecular flexibility index (Phi) is 3.10. The van der Waals surface area contributed by atoms with E-state index in [4.69, 9.17) is 4.74 Å². The number of carbonyl (C=O) groups excluding carboxylic acids is 1. The molecule has 1 heterocycles. The Bertz CT molecular complexity index is 418. The van der Waals surface area contributed by atoms with Gasteiger partial charge in [0.2, 0.25) is 5.82 Å². The standard InChI is InChI=1S/C10H13N3O2/c1-10(2,3)15-9(14)6-5-8-11-7-12-13(8)4/h7H,1-4H3. The lowest BCUT2D eigenvalue weighted by Crippen LogP contribution is -2.22. The second kappa shape index (κ2) is 4.13. The predicted molar refractivity (Wildman–Crippen MR) is 53.7 cm³/mol. The van der Waals surface area contributed by atoms with Crippen LogP contribution in [-0.4, -0.2) is 26.3 Å². The van der Waals surface area contributed by atoms with Crippen molar-refractivity contribution in [1.82, 2.24) is 14.8 Å². The summed E-state index contributed by atoms with van der Waals surface area (Å²) in [5.41, 5.74) is -0.522. The molecule has 5 heteroatoms. The van der Waals surface area contributed by atoms with E-state index in [2.05, 4.69) is 21.9 Å². The zero-order chi connectivity index (χ0) is 11.5. The average molecular weight is 207 g/mol. The predicted octanol–water partition coefficient (Wildman–Crippen LogP) is 0.508. The van der Waals surface area contributed by atoms with Gasteiger partial charge in [-0.25, -0.2) is 14.5 Å². The molecule has 0 fully saturated rings. The molecule has 1 aromatic rings. The molecule has 80 valence electrons. The molecular formula is C10H13N3O2. The van der Waals surface area contributed by atoms with Gasteiger partial charge in [0, 0.05) is 13.0 Å². The highest BCUT2D eigenvalue weighted by atomic mass is 16.6. The lowest BCUT2D eigenvalue weighted by molar-refractivity contribution is -0.147. The summed E-state index contributed by atoms with van der Waals surface area (Å²) in [5.74, 6) is 4.80. The molecule has 0 bridgehead atoms. The van der Waals surface area contributed by atoms with E-state index in [-0.39, 0.29) is 0 Å². The quantitative estimate of drug-likeness (QED) is 0.459. The second-order valence-corrected chi connectivity index (χ2v) is 3.96. The maximum absolute atomic E-state index is 11.2. The highest BCUT2D eigenvalue weighted by molar-refractivity contribution is 5.89. The van der Waals surface area contributed by atoms with Gasteiger partial charge in [0.05, 0.1) is 0 Å². The van der Waals surface area contributed by atoms with Gasteiger partial charge in [0.15, 0.2) is 0 Å². The summed E-state index contributed by atoms with van der Waals surface area (Å²) in [6, 6.07) is 0. The first-order chi connectivity index (χ1) is 6.88. The molecule has 0 spiro atoms. The molecule has 0 aliphatic rings. The summed E-state index contributed by atoms with van der Waals surface area (Å²) in [7, 11) is 1.70. The van der Waals surface area contributed by atoms with Crippen molar-refractivity contribution in [2.75, 3.05) is 0 Å². The number of hydrogen-bond donors (Lipinski definition) is 0. The third-order valence-corrected chi connectivity index (χ3v) is 1.39. The van der Waals surface area contributed by atoms with Crippen molar-refractivity contribution >= 4 is 5.97 Å². The van der Waals surface area contributed by atoms with Gasteiger partial charge in [-0.15, -0.1) is 0 Å². The van der Waals surface area contributed by atoms with Gasteiger partial charge in [0.1, 0.15) is 11.9 Å². The Labute approximate surface area is 88.5 Å². The maximum atomic E-state index is 11.2. The van der Waals surface area contributed by atoms with Crippen LogP contribution in [0.3, 0.4) is 0 Å². The van der Waals surface area contributed by atoms with Crippen molar-refractivity contribution in [3.63, 3.8) is 0 Å². The Morgan fingerprint density at radius 1 is 1.53 bits per heavy atom. The number of carbonyl (C=O) groups is 1. The molecule has 15 heavy (non-hydrogen) atoms. The third kappa shape index (κ3) is 3.81. The average Bonchev–Trinajstić information content (AvgIpc) is 2.44. The number of hydrogen-bond acceptors (Lipinski definition) is 4. The molecule has 0 atom stereocenters. The zero-order valence-electron chi connectivity index (χ0n) is 9.24. The zero-order valence-corrected chi connectivity index (χ0v) is 9.24. The van der Waals surface area contributed by atoms with Gasteiger partial charge >= 0.3 is 5.97 Å². The summed E-state index contributed by atoms with van der Waals surface area (Å²) in [6.45, 7) is 5.36. The highest BCUT2D eigenvalue weighted by Gasteiger charge is 2.14. The van der Waals surface area contributed by atoms with Gasteiger partial charge in [-0.2, -0.15) is 5.10 Å². The highest BCUT2D eigenvalue weighted by Crippen LogP contribution is 2.06. The summed E-state index contributed by atoms with van der Waals surface area (Å²) in [6.07, 6.45) is 1.37. The minimum atomic E-state index is -0.564. The van der Waals surface area contributed by atoms with E-state index in [1.165, 1.54) is 11.0 Å². The fraction of sp³-hybridized carbons (Fsp3) is 0.500. The lowest BCUT2D eigenvalue weighted by Gasteiger charge is -2.16. The van der Waals surface area contributed by atoms with Crippen molar-refractivity contribution in [3.05, 3.63) is 12.2 Å². The Morgan fingerprint density at radius 2 is 2.20 bits per heavy atom. The number of esters is 1. The van der Waals surface area contributed by atoms with Crippen molar-refractivity contribution in [3.8, 4) is 11.8 Å². The molecule has 0 radical (unpaired) electrons. The van der Waals surface area contributed by atoms with Crippen molar-refractivity contribution in [2.45, 2.75) is 26.4 Å². The van der Waals surface area contributed by atoms with Crippen LogP contribution in [0.25, 0.3) is 0 Å². The van der Waals surface area contributed by atoms with E-state index in [1.54, 1.807) is 27.8 Å². The molecule has 0 amide bonds. The van der Waals surface area contributed by atoms with E-state index in [9.17, 15) is 4.79 Å². The number of aryl methyl sites for hydroxylation is 1. The van der Waals surface area contributed by atoms with E-state index in [1.807, 2.05) is 0 Å². The minimum Gasteiger partial charge on any atom is -0.450 e. The van der Waals surface area contributed by atoms with Crippen LogP contribution in [0.1, 0.15) is 26.6 Å². The van der Waals surface area contributed by atoms with Crippen LogP contribution in [-0.2, 0) is 16.6 Å². The molecular weight excluding hydrogens is 194 g/mol. The SMILES string of the molecule is Cn1ncnc1C#CC(=O)OC(C)(C)C. The van der Waals surface area contributed by atoms with Gasteiger partial charge in [-0.1, -0.05) is 0 Å². The van der Waals surface area contributed by atoms with Crippen LogP contribution in [0.15, 0.2) is 6.33 Å². The molecule has 5 nitrogen and oxygen atoms in total. The molecule has 0 aliphatic heterocycles.